The van der Waals surface area contributed by atoms with Crippen molar-refractivity contribution in [3.05, 3.63) is 59.8 Å². The zero-order valence-electron chi connectivity index (χ0n) is 17.4. The van der Waals surface area contributed by atoms with Gasteiger partial charge in [-0.1, -0.05) is 6.07 Å². The van der Waals surface area contributed by atoms with Crippen LogP contribution in [0.2, 0.25) is 0 Å². The molecule has 8 nitrogen and oxygen atoms in total. The van der Waals surface area contributed by atoms with Crippen molar-refractivity contribution in [2.45, 2.75) is 19.2 Å². The van der Waals surface area contributed by atoms with Crippen LogP contribution in [0.3, 0.4) is 0 Å². The highest BCUT2D eigenvalue weighted by molar-refractivity contribution is 6.00. The average molecular weight is 465 g/mol. The lowest BCUT2D eigenvalue weighted by atomic mass is 10.1. The number of hydrogen-bond acceptors (Lipinski definition) is 7. The number of aromatic nitrogens is 3. The number of rotatable bonds is 7. The van der Waals surface area contributed by atoms with Crippen LogP contribution in [0.15, 0.2) is 42.9 Å². The molecule has 0 unspecified atom stereocenters. The summed E-state index contributed by atoms with van der Waals surface area (Å²) in [7, 11) is 1.32. The normalized spacial score (nSPS) is 12.2. The van der Waals surface area contributed by atoms with Gasteiger partial charge in [-0.2, -0.15) is 13.2 Å². The van der Waals surface area contributed by atoms with Crippen molar-refractivity contribution in [3.63, 3.8) is 0 Å². The highest BCUT2D eigenvalue weighted by Gasteiger charge is 2.35. The van der Waals surface area contributed by atoms with Crippen LogP contribution in [0, 0.1) is 5.82 Å². The standard InChI is InChI=1S/C21H19F4N5O3/c1-11(31)8-28-20(32)13-9-26-7-6-15(13)29-19-16(33-2)10-27-18(30-19)12-4-3-5-14(17(12)22)21(23,24)25/h3-7,9-11,31H,8H2,1-2H3,(H,28,32)(H,26,27,29,30)/t11-/m0/s1. The molecule has 0 fully saturated rings. The number of alkyl halides is 3. The number of aliphatic hydroxyl groups excluding tert-OH is 1. The van der Waals surface area contributed by atoms with Crippen LogP contribution in [0.4, 0.5) is 29.1 Å². The maximum Gasteiger partial charge on any atom is 0.419 e. The molecule has 0 bridgehead atoms. The molecule has 0 aliphatic carbocycles. The molecule has 12 heteroatoms. The van der Waals surface area contributed by atoms with E-state index >= 15 is 0 Å². The molecule has 0 radical (unpaired) electrons. The van der Waals surface area contributed by atoms with Crippen molar-refractivity contribution in [3.8, 4) is 17.1 Å². The number of carbonyl (C=O) groups is 1. The molecule has 1 atom stereocenters. The van der Waals surface area contributed by atoms with Crippen LogP contribution in [-0.4, -0.2) is 45.7 Å². The third kappa shape index (κ3) is 5.52. The van der Waals surface area contributed by atoms with E-state index in [0.29, 0.717) is 6.07 Å². The number of hydrogen-bond donors (Lipinski definition) is 3. The summed E-state index contributed by atoms with van der Waals surface area (Å²) in [6.07, 6.45) is -1.82. The summed E-state index contributed by atoms with van der Waals surface area (Å²) in [4.78, 5) is 24.4. The summed E-state index contributed by atoms with van der Waals surface area (Å²) >= 11 is 0. The molecule has 1 aromatic carbocycles. The van der Waals surface area contributed by atoms with Gasteiger partial charge in [-0.25, -0.2) is 14.4 Å². The summed E-state index contributed by atoms with van der Waals surface area (Å²) in [6.45, 7) is 1.51. The second-order valence-electron chi connectivity index (χ2n) is 6.88. The number of carbonyl (C=O) groups excluding carboxylic acids is 1. The van der Waals surface area contributed by atoms with Gasteiger partial charge in [-0.15, -0.1) is 0 Å². The first-order valence-corrected chi connectivity index (χ1v) is 9.56. The van der Waals surface area contributed by atoms with E-state index in [4.69, 9.17) is 4.74 Å². The number of methoxy groups -OCH3 is 1. The second-order valence-corrected chi connectivity index (χ2v) is 6.88. The predicted molar refractivity (Wildman–Crippen MR) is 111 cm³/mol. The van der Waals surface area contributed by atoms with Gasteiger partial charge in [0.2, 0.25) is 0 Å². The van der Waals surface area contributed by atoms with E-state index in [1.807, 2.05) is 0 Å². The fourth-order valence-electron chi connectivity index (χ4n) is 2.81. The molecule has 3 rings (SSSR count). The minimum absolute atomic E-state index is 0.00294. The minimum Gasteiger partial charge on any atom is -0.491 e. The smallest absolute Gasteiger partial charge is 0.419 e. The highest BCUT2D eigenvalue weighted by Crippen LogP contribution is 2.36. The highest BCUT2D eigenvalue weighted by atomic mass is 19.4. The monoisotopic (exact) mass is 465 g/mol. The van der Waals surface area contributed by atoms with Crippen LogP contribution in [0.25, 0.3) is 11.4 Å². The summed E-state index contributed by atoms with van der Waals surface area (Å²) < 4.78 is 59.0. The lowest BCUT2D eigenvalue weighted by Crippen LogP contribution is -2.31. The molecule has 2 aromatic heterocycles. The number of nitrogens with one attached hydrogen (secondary N) is 2. The van der Waals surface area contributed by atoms with Crippen molar-refractivity contribution >= 4 is 17.4 Å². The molecule has 0 aliphatic heterocycles. The van der Waals surface area contributed by atoms with E-state index in [2.05, 4.69) is 25.6 Å². The third-order valence-corrected chi connectivity index (χ3v) is 4.40. The molecule has 174 valence electrons. The molecule has 2 heterocycles. The molecular weight excluding hydrogens is 446 g/mol. The summed E-state index contributed by atoms with van der Waals surface area (Å²) in [6, 6.07) is 4.26. The van der Waals surface area contributed by atoms with Crippen LogP contribution in [-0.2, 0) is 6.18 Å². The quantitative estimate of drug-likeness (QED) is 0.458. The van der Waals surface area contributed by atoms with Gasteiger partial charge in [0.15, 0.2) is 17.4 Å². The van der Waals surface area contributed by atoms with Gasteiger partial charge in [0.05, 0.1) is 41.8 Å². The molecule has 33 heavy (non-hydrogen) atoms. The zero-order chi connectivity index (χ0) is 24.2. The minimum atomic E-state index is -4.89. The molecule has 0 spiro atoms. The van der Waals surface area contributed by atoms with Gasteiger partial charge in [-0.3, -0.25) is 9.78 Å². The number of aliphatic hydroxyl groups is 1. The first-order valence-electron chi connectivity index (χ1n) is 9.56. The van der Waals surface area contributed by atoms with Gasteiger partial charge in [0.25, 0.3) is 5.91 Å². The van der Waals surface area contributed by atoms with Crippen molar-refractivity contribution in [2.75, 3.05) is 19.0 Å². The average Bonchev–Trinajstić information content (AvgIpc) is 2.77. The fraction of sp³-hybridized carbons (Fsp3) is 0.238. The van der Waals surface area contributed by atoms with Crippen LogP contribution in [0.1, 0.15) is 22.8 Å². The largest absolute Gasteiger partial charge is 0.491 e. The number of nitrogens with zero attached hydrogens (tertiary/aromatic N) is 3. The maximum atomic E-state index is 14.6. The maximum absolute atomic E-state index is 14.6. The van der Waals surface area contributed by atoms with E-state index in [1.54, 1.807) is 0 Å². The van der Waals surface area contributed by atoms with E-state index in [0.717, 1.165) is 12.1 Å². The Morgan fingerprint density at radius 2 is 2.00 bits per heavy atom. The van der Waals surface area contributed by atoms with Gasteiger partial charge < -0.3 is 20.5 Å². The van der Waals surface area contributed by atoms with Gasteiger partial charge in [0.1, 0.15) is 5.82 Å². The first-order chi connectivity index (χ1) is 15.6. The molecule has 0 aliphatic rings. The molecule has 3 N–H and O–H groups in total. The lowest BCUT2D eigenvalue weighted by Gasteiger charge is -2.15. The van der Waals surface area contributed by atoms with Crippen LogP contribution >= 0.6 is 0 Å². The van der Waals surface area contributed by atoms with E-state index in [1.165, 1.54) is 38.7 Å². The number of ether oxygens (including phenoxy) is 1. The van der Waals surface area contributed by atoms with Crippen molar-refractivity contribution in [1.29, 1.82) is 0 Å². The van der Waals surface area contributed by atoms with Gasteiger partial charge in [0, 0.05) is 18.9 Å². The summed E-state index contributed by atoms with van der Waals surface area (Å²) in [5.41, 5.74) is -1.56. The van der Waals surface area contributed by atoms with E-state index in [-0.39, 0.29) is 35.2 Å². The van der Waals surface area contributed by atoms with E-state index < -0.39 is 35.1 Å². The molecule has 0 saturated carbocycles. The first kappa shape index (κ1) is 23.9. The lowest BCUT2D eigenvalue weighted by molar-refractivity contribution is -0.139. The van der Waals surface area contributed by atoms with Crippen molar-refractivity contribution in [1.82, 2.24) is 20.3 Å². The van der Waals surface area contributed by atoms with E-state index in [9.17, 15) is 27.5 Å². The van der Waals surface area contributed by atoms with Crippen LogP contribution < -0.4 is 15.4 Å². The SMILES string of the molecule is COc1cnc(-c2cccc(C(F)(F)F)c2F)nc1Nc1ccncc1C(=O)NC[C@H](C)O. The number of anilines is 2. The second kappa shape index (κ2) is 9.77. The molecular formula is C21H19F4N5O3. The molecule has 0 saturated heterocycles. The Morgan fingerprint density at radius 1 is 1.24 bits per heavy atom. The molecule has 1 amide bonds. The number of amides is 1. The summed E-state index contributed by atoms with van der Waals surface area (Å²) in [5.74, 6) is -2.30. The predicted octanol–water partition coefficient (Wildman–Crippen LogP) is 3.56. The Morgan fingerprint density at radius 3 is 2.67 bits per heavy atom. The number of benzene rings is 1. The van der Waals surface area contributed by atoms with Gasteiger partial charge in [-0.05, 0) is 25.1 Å². The van der Waals surface area contributed by atoms with Crippen molar-refractivity contribution < 1.29 is 32.2 Å². The Labute approximate surface area is 185 Å². The fourth-order valence-corrected chi connectivity index (χ4v) is 2.81. The summed E-state index contributed by atoms with van der Waals surface area (Å²) in [5, 5.41) is 14.8. The van der Waals surface area contributed by atoms with Crippen molar-refractivity contribution in [2.24, 2.45) is 0 Å². The number of halogens is 4. The number of pyridine rings is 1. The van der Waals surface area contributed by atoms with Gasteiger partial charge >= 0.3 is 6.18 Å². The molecule has 3 aromatic rings. The Balaban J connectivity index is 2.01. The Hall–Kier alpha value is -3.80. The topological polar surface area (TPSA) is 109 Å². The zero-order valence-corrected chi connectivity index (χ0v) is 17.4. The van der Waals surface area contributed by atoms with Crippen LogP contribution in [0.5, 0.6) is 5.75 Å². The Bertz CT molecular complexity index is 1150. The Kier molecular flexibility index (Phi) is 7.07. The third-order valence-electron chi connectivity index (χ3n) is 4.40.